The fourth-order valence-electron chi connectivity index (χ4n) is 6.60. The summed E-state index contributed by atoms with van der Waals surface area (Å²) in [7, 11) is 0. The molecule has 6 rings (SSSR count). The number of ether oxygens (including phenoxy) is 2. The monoisotopic (exact) mass is 832 g/mol. The van der Waals surface area contributed by atoms with Crippen LogP contribution < -0.4 is 25.7 Å². The van der Waals surface area contributed by atoms with Gasteiger partial charge >= 0.3 is 11.9 Å². The van der Waals surface area contributed by atoms with Gasteiger partial charge in [0.05, 0.1) is 29.4 Å². The number of aromatic nitrogens is 3. The van der Waals surface area contributed by atoms with E-state index in [4.69, 9.17) is 21.1 Å². The van der Waals surface area contributed by atoms with Crippen LogP contribution in [0.15, 0.2) is 96.3 Å². The minimum atomic E-state index is -1.23. The van der Waals surface area contributed by atoms with Gasteiger partial charge in [0.15, 0.2) is 0 Å². The summed E-state index contributed by atoms with van der Waals surface area (Å²) in [5.74, 6) is -1.77. The fraction of sp³-hybridized carbons (Fsp3) is 0.227. The summed E-state index contributed by atoms with van der Waals surface area (Å²) in [6.45, 7) is 2.92. The van der Waals surface area contributed by atoms with Gasteiger partial charge in [0.2, 0.25) is 0 Å². The predicted octanol–water partition coefficient (Wildman–Crippen LogP) is 4.79. The number of aliphatic hydroxyl groups is 2. The number of carboxylic acid groups (broad SMARTS) is 2. The molecule has 0 aliphatic heterocycles. The third kappa shape index (κ3) is 9.78. The van der Waals surface area contributed by atoms with Crippen LogP contribution in [0.2, 0.25) is 5.02 Å². The molecule has 6 N–H and O–H groups in total. The molecule has 0 aliphatic rings. The summed E-state index contributed by atoms with van der Waals surface area (Å²) < 4.78 is 13.8. The molecule has 60 heavy (non-hydrogen) atoms. The number of fused-ring (bicyclic) bond motifs is 1. The SMILES string of the molecule is Cc1c(COc2cc(OCc3cncc(C#N)c3)c(CN[C@@H](CO)C(=O)O)cc2Cl)cccc1-c1cccc(-c2ccn3c(=O)c(CNC(CO)C(=O)O)cnc3c2)c1C. The van der Waals surface area contributed by atoms with E-state index in [0.717, 1.165) is 38.9 Å². The number of rotatable bonds is 18. The second-order valence-electron chi connectivity index (χ2n) is 13.9. The zero-order chi connectivity index (χ0) is 42.9. The Morgan fingerprint density at radius 1 is 0.800 bits per heavy atom. The molecule has 0 saturated heterocycles. The third-order valence-electron chi connectivity index (χ3n) is 10.0. The normalized spacial score (nSPS) is 12.1. The molecule has 2 atom stereocenters. The van der Waals surface area contributed by atoms with Crippen LogP contribution in [0.25, 0.3) is 27.9 Å². The van der Waals surface area contributed by atoms with E-state index in [-0.39, 0.29) is 42.4 Å². The van der Waals surface area contributed by atoms with Crippen molar-refractivity contribution in [1.82, 2.24) is 25.0 Å². The molecule has 0 fully saturated rings. The number of aliphatic carboxylic acids is 2. The summed E-state index contributed by atoms with van der Waals surface area (Å²) in [5.41, 5.74) is 8.42. The van der Waals surface area contributed by atoms with Crippen LogP contribution in [-0.4, -0.2) is 72.0 Å². The van der Waals surface area contributed by atoms with Crippen molar-refractivity contribution >= 4 is 29.2 Å². The summed E-state index contributed by atoms with van der Waals surface area (Å²) >= 11 is 6.72. The Balaban J connectivity index is 1.24. The van der Waals surface area contributed by atoms with Crippen LogP contribution >= 0.6 is 11.6 Å². The molecule has 3 aromatic heterocycles. The number of carboxylic acids is 2. The van der Waals surface area contributed by atoms with Crippen molar-refractivity contribution in [3.63, 3.8) is 0 Å². The molecule has 3 heterocycles. The topological polar surface area (TPSA) is 229 Å². The Morgan fingerprint density at radius 3 is 2.13 bits per heavy atom. The van der Waals surface area contributed by atoms with Crippen LogP contribution in [0.3, 0.4) is 0 Å². The number of carbonyl (C=O) groups is 2. The Hall–Kier alpha value is -6.67. The second kappa shape index (κ2) is 19.4. The van der Waals surface area contributed by atoms with Crippen molar-refractivity contribution in [3.8, 4) is 39.8 Å². The highest BCUT2D eigenvalue weighted by atomic mass is 35.5. The first-order chi connectivity index (χ1) is 28.9. The van der Waals surface area contributed by atoms with Gasteiger partial charge in [-0.05, 0) is 77.1 Å². The van der Waals surface area contributed by atoms with Gasteiger partial charge in [-0.25, -0.2) is 4.98 Å². The number of nitriles is 1. The molecule has 0 radical (unpaired) electrons. The van der Waals surface area contributed by atoms with E-state index in [1.165, 1.54) is 16.8 Å². The van der Waals surface area contributed by atoms with Crippen molar-refractivity contribution in [2.45, 2.75) is 52.2 Å². The van der Waals surface area contributed by atoms with Crippen LogP contribution in [0.5, 0.6) is 11.5 Å². The van der Waals surface area contributed by atoms with Gasteiger partial charge in [0.25, 0.3) is 5.56 Å². The molecular weight excluding hydrogens is 792 g/mol. The van der Waals surface area contributed by atoms with Crippen molar-refractivity contribution < 1.29 is 39.5 Å². The molecule has 0 saturated carbocycles. The molecule has 15 nitrogen and oxygen atoms in total. The molecule has 16 heteroatoms. The maximum atomic E-state index is 13.2. The number of nitrogens with zero attached hydrogens (tertiary/aromatic N) is 4. The van der Waals surface area contributed by atoms with Crippen LogP contribution in [0.4, 0.5) is 0 Å². The molecule has 0 aliphatic carbocycles. The van der Waals surface area contributed by atoms with Crippen LogP contribution in [0, 0.1) is 25.2 Å². The standard InChI is InChI=1S/C44H41ClN6O9/c1-25-30(24-60-40-14-39(59-23-28-11-27(15-46)16-47-17-28)31(12-36(40)45)18-48-37(21-52)43(55)56)5-3-7-34(25)35-8-4-6-33(26(35)2)29-9-10-51-41(13-29)50-20-32(42(51)54)19-49-38(22-53)44(57)58/h3-14,16-17,20,37-38,48-49,52-53H,18-19,21-24H2,1-2H3,(H,55,56)(H,57,58)/t37-,38?/m0/s1. The van der Waals surface area contributed by atoms with Crippen molar-refractivity contribution in [3.05, 3.63) is 146 Å². The third-order valence-corrected chi connectivity index (χ3v) is 10.3. The van der Waals surface area contributed by atoms with E-state index < -0.39 is 37.2 Å². The lowest BCUT2D eigenvalue weighted by molar-refractivity contribution is -0.141. The van der Waals surface area contributed by atoms with Gasteiger partial charge in [0.1, 0.15) is 48.5 Å². The van der Waals surface area contributed by atoms with E-state index >= 15 is 0 Å². The van der Waals surface area contributed by atoms with Crippen LogP contribution in [-0.2, 0) is 35.9 Å². The number of pyridine rings is 2. The molecular formula is C44H41ClN6O9. The summed E-state index contributed by atoms with van der Waals surface area (Å²) in [6, 6.07) is 20.1. The highest BCUT2D eigenvalue weighted by Crippen LogP contribution is 2.37. The van der Waals surface area contributed by atoms with E-state index in [9.17, 15) is 40.1 Å². The van der Waals surface area contributed by atoms with E-state index in [2.05, 4.69) is 20.6 Å². The zero-order valence-corrected chi connectivity index (χ0v) is 33.3. The molecule has 3 aromatic carbocycles. The van der Waals surface area contributed by atoms with Gasteiger partial charge < -0.3 is 29.9 Å². The Bertz CT molecular complexity index is 2660. The molecule has 6 aromatic rings. The summed E-state index contributed by atoms with van der Waals surface area (Å²) in [5, 5.41) is 52.5. The highest BCUT2D eigenvalue weighted by Gasteiger charge is 2.20. The molecule has 308 valence electrons. The first kappa shape index (κ1) is 42.9. The van der Waals surface area contributed by atoms with Gasteiger partial charge in [-0.15, -0.1) is 0 Å². The number of benzene rings is 3. The number of halogens is 1. The molecule has 0 amide bonds. The Kier molecular flexibility index (Phi) is 13.9. The van der Waals surface area contributed by atoms with Crippen molar-refractivity contribution in [2.24, 2.45) is 0 Å². The lowest BCUT2D eigenvalue weighted by Crippen LogP contribution is -2.40. The van der Waals surface area contributed by atoms with Gasteiger partial charge in [-0.3, -0.25) is 34.4 Å². The minimum Gasteiger partial charge on any atom is -0.488 e. The first-order valence-electron chi connectivity index (χ1n) is 18.7. The molecule has 0 spiro atoms. The van der Waals surface area contributed by atoms with Gasteiger partial charge in [-0.2, -0.15) is 5.26 Å². The largest absolute Gasteiger partial charge is 0.488 e. The molecule has 0 bridgehead atoms. The predicted molar refractivity (Wildman–Crippen MR) is 222 cm³/mol. The highest BCUT2D eigenvalue weighted by molar-refractivity contribution is 6.32. The number of hydrogen-bond acceptors (Lipinski definition) is 12. The maximum Gasteiger partial charge on any atom is 0.323 e. The number of hydrogen-bond donors (Lipinski definition) is 6. The van der Waals surface area contributed by atoms with E-state index in [0.29, 0.717) is 33.8 Å². The van der Waals surface area contributed by atoms with E-state index in [1.54, 1.807) is 30.6 Å². The van der Waals surface area contributed by atoms with Crippen LogP contribution in [0.1, 0.15) is 38.9 Å². The first-order valence-corrected chi connectivity index (χ1v) is 19.0. The summed E-state index contributed by atoms with van der Waals surface area (Å²) in [4.78, 5) is 44.6. The van der Waals surface area contributed by atoms with Crippen molar-refractivity contribution in [2.75, 3.05) is 13.2 Å². The lowest BCUT2D eigenvalue weighted by atomic mass is 9.90. The van der Waals surface area contributed by atoms with Gasteiger partial charge in [-0.1, -0.05) is 48.0 Å². The number of aliphatic hydroxyl groups excluding tert-OH is 2. The second-order valence-corrected chi connectivity index (χ2v) is 14.3. The maximum absolute atomic E-state index is 13.2. The average Bonchev–Trinajstić information content (AvgIpc) is 3.24. The van der Waals surface area contributed by atoms with Crippen molar-refractivity contribution in [1.29, 1.82) is 5.26 Å². The quantitative estimate of drug-likeness (QED) is 0.0685. The Morgan fingerprint density at radius 2 is 1.45 bits per heavy atom. The average molecular weight is 833 g/mol. The zero-order valence-electron chi connectivity index (χ0n) is 32.6. The number of nitrogens with one attached hydrogen (secondary N) is 2. The minimum absolute atomic E-state index is 0.0123. The lowest BCUT2D eigenvalue weighted by Gasteiger charge is -2.19. The Labute approximate surface area is 349 Å². The summed E-state index contributed by atoms with van der Waals surface area (Å²) in [6.07, 6.45) is 6.05. The van der Waals surface area contributed by atoms with E-state index in [1.807, 2.05) is 68.4 Å². The molecule has 1 unspecified atom stereocenters. The van der Waals surface area contributed by atoms with Gasteiger partial charge in [0, 0.05) is 55.1 Å². The fourth-order valence-corrected chi connectivity index (χ4v) is 6.84. The smallest absolute Gasteiger partial charge is 0.323 e.